The summed E-state index contributed by atoms with van der Waals surface area (Å²) in [5, 5.41) is 20.1. The maximum atomic E-state index is 12.2. The van der Waals surface area contributed by atoms with E-state index < -0.39 is 10.8 Å². The summed E-state index contributed by atoms with van der Waals surface area (Å²) in [5.41, 5.74) is 7.59. The van der Waals surface area contributed by atoms with Gasteiger partial charge in [0, 0.05) is 17.8 Å². The van der Waals surface area contributed by atoms with Gasteiger partial charge < -0.3 is 11.1 Å². The van der Waals surface area contributed by atoms with E-state index >= 15 is 0 Å². The minimum atomic E-state index is -0.579. The van der Waals surface area contributed by atoms with Gasteiger partial charge in [-0.3, -0.25) is 20.0 Å². The fraction of sp³-hybridized carbons (Fsp3) is 0.167. The predicted molar refractivity (Wildman–Crippen MR) is 73.5 cm³/mol. The molecule has 0 aliphatic rings. The average molecular weight is 275 g/mol. The second kappa shape index (κ2) is 5.00. The molecule has 0 saturated heterocycles. The molecule has 0 unspecified atom stereocenters. The Morgan fingerprint density at radius 1 is 1.45 bits per heavy atom. The van der Waals surface area contributed by atoms with Gasteiger partial charge >= 0.3 is 0 Å². The highest BCUT2D eigenvalue weighted by Gasteiger charge is 2.17. The quantitative estimate of drug-likeness (QED) is 0.447. The fourth-order valence-electron chi connectivity index (χ4n) is 1.77. The molecule has 0 aliphatic carbocycles. The molecule has 1 heterocycles. The number of nitro benzene ring substituents is 1. The van der Waals surface area contributed by atoms with Gasteiger partial charge in [0.1, 0.15) is 0 Å². The number of aromatic amines is 1. The second-order valence-electron chi connectivity index (χ2n) is 4.29. The second-order valence-corrected chi connectivity index (χ2v) is 4.29. The van der Waals surface area contributed by atoms with E-state index in [4.69, 9.17) is 5.73 Å². The highest BCUT2D eigenvalue weighted by molar-refractivity contribution is 6.08. The Bertz CT molecular complexity index is 673. The number of nitrogens with one attached hydrogen (secondary N) is 2. The van der Waals surface area contributed by atoms with Gasteiger partial charge in [-0.15, -0.1) is 0 Å². The van der Waals surface area contributed by atoms with Gasteiger partial charge in [-0.05, 0) is 19.9 Å². The number of nitrogen functional groups attached to an aromatic ring is 1. The van der Waals surface area contributed by atoms with Crippen LogP contribution in [0.3, 0.4) is 0 Å². The highest BCUT2D eigenvalue weighted by Crippen LogP contribution is 2.22. The van der Waals surface area contributed by atoms with Crippen LogP contribution in [0.1, 0.15) is 21.7 Å². The summed E-state index contributed by atoms with van der Waals surface area (Å²) in [6, 6.07) is 3.73. The van der Waals surface area contributed by atoms with Crippen LogP contribution in [-0.4, -0.2) is 21.0 Å². The number of aryl methyl sites for hydroxylation is 2. The van der Waals surface area contributed by atoms with Crippen molar-refractivity contribution < 1.29 is 9.72 Å². The molecular formula is C12H13N5O3. The lowest BCUT2D eigenvalue weighted by Gasteiger charge is -2.07. The number of rotatable bonds is 3. The van der Waals surface area contributed by atoms with Gasteiger partial charge in [-0.2, -0.15) is 5.10 Å². The van der Waals surface area contributed by atoms with Crippen LogP contribution >= 0.6 is 0 Å². The number of hydrogen-bond donors (Lipinski definition) is 3. The number of amides is 1. The molecule has 0 bridgehead atoms. The normalized spacial score (nSPS) is 10.3. The van der Waals surface area contributed by atoms with Crippen molar-refractivity contribution >= 4 is 23.0 Å². The third-order valence-electron chi connectivity index (χ3n) is 2.86. The Morgan fingerprint density at radius 2 is 2.15 bits per heavy atom. The molecule has 1 aromatic carbocycles. The number of non-ortho nitro benzene ring substituents is 1. The molecule has 0 saturated carbocycles. The number of carbonyl (C=O) groups excluding carboxylic acids is 1. The molecule has 8 heteroatoms. The molecule has 20 heavy (non-hydrogen) atoms. The van der Waals surface area contributed by atoms with E-state index in [-0.39, 0.29) is 16.9 Å². The first-order chi connectivity index (χ1) is 9.40. The number of nitrogens with zero attached hydrogens (tertiary/aromatic N) is 2. The van der Waals surface area contributed by atoms with Gasteiger partial charge in [-0.1, -0.05) is 0 Å². The molecule has 0 radical (unpaired) electrons. The Labute approximate surface area is 114 Å². The number of anilines is 2. The van der Waals surface area contributed by atoms with Crippen LogP contribution in [0.25, 0.3) is 0 Å². The molecule has 104 valence electrons. The molecule has 0 spiro atoms. The molecule has 4 N–H and O–H groups in total. The van der Waals surface area contributed by atoms with Gasteiger partial charge in [0.15, 0.2) is 0 Å². The van der Waals surface area contributed by atoms with E-state index in [9.17, 15) is 14.9 Å². The van der Waals surface area contributed by atoms with Crippen LogP contribution in [0.2, 0.25) is 0 Å². The number of nitro groups is 1. The van der Waals surface area contributed by atoms with E-state index in [1.807, 2.05) is 0 Å². The monoisotopic (exact) mass is 275 g/mol. The zero-order valence-corrected chi connectivity index (χ0v) is 10.9. The van der Waals surface area contributed by atoms with Crippen molar-refractivity contribution in [2.45, 2.75) is 13.8 Å². The van der Waals surface area contributed by atoms with Crippen molar-refractivity contribution in [2.24, 2.45) is 0 Å². The zero-order valence-electron chi connectivity index (χ0n) is 10.9. The first kappa shape index (κ1) is 13.5. The minimum absolute atomic E-state index is 0.0548. The third kappa shape index (κ3) is 2.44. The van der Waals surface area contributed by atoms with Crippen LogP contribution in [-0.2, 0) is 0 Å². The summed E-state index contributed by atoms with van der Waals surface area (Å²) in [5.74, 6) is -0.515. The summed E-state index contributed by atoms with van der Waals surface area (Å²) in [6.07, 6.45) is 0. The number of hydrogen-bond acceptors (Lipinski definition) is 5. The number of aromatic nitrogens is 2. The summed E-state index contributed by atoms with van der Waals surface area (Å²) in [7, 11) is 0. The molecule has 1 aromatic heterocycles. The molecule has 2 rings (SSSR count). The summed E-state index contributed by atoms with van der Waals surface area (Å²) >= 11 is 0. The van der Waals surface area contributed by atoms with E-state index in [1.165, 1.54) is 12.1 Å². The summed E-state index contributed by atoms with van der Waals surface area (Å²) in [6.45, 7) is 3.49. The summed E-state index contributed by atoms with van der Waals surface area (Å²) in [4.78, 5) is 22.3. The number of nitrogens with two attached hydrogens (primary N) is 1. The van der Waals surface area contributed by atoms with E-state index in [2.05, 4.69) is 15.5 Å². The predicted octanol–water partition coefficient (Wildman–Crippen LogP) is 1.77. The molecule has 8 nitrogen and oxygen atoms in total. The van der Waals surface area contributed by atoms with Gasteiger partial charge in [0.25, 0.3) is 11.6 Å². The van der Waals surface area contributed by atoms with Crippen LogP contribution in [0.15, 0.2) is 18.2 Å². The summed E-state index contributed by atoms with van der Waals surface area (Å²) < 4.78 is 0. The van der Waals surface area contributed by atoms with Gasteiger partial charge in [0.2, 0.25) is 0 Å². The Hall–Kier alpha value is -2.90. The number of benzene rings is 1. The third-order valence-corrected chi connectivity index (χ3v) is 2.86. The topological polar surface area (TPSA) is 127 Å². The van der Waals surface area contributed by atoms with E-state index in [0.29, 0.717) is 17.1 Å². The smallest absolute Gasteiger partial charge is 0.270 e. The molecule has 0 aliphatic heterocycles. The van der Waals surface area contributed by atoms with E-state index in [0.717, 1.165) is 6.07 Å². The van der Waals surface area contributed by atoms with Crippen molar-refractivity contribution in [3.63, 3.8) is 0 Å². The lowest BCUT2D eigenvalue weighted by molar-refractivity contribution is -0.384. The highest BCUT2D eigenvalue weighted by atomic mass is 16.6. The minimum Gasteiger partial charge on any atom is -0.398 e. The molecule has 2 aromatic rings. The van der Waals surface area contributed by atoms with Crippen molar-refractivity contribution in [1.82, 2.24) is 10.2 Å². The van der Waals surface area contributed by atoms with E-state index in [1.54, 1.807) is 13.8 Å². The average Bonchev–Trinajstić information content (AvgIpc) is 2.70. The van der Waals surface area contributed by atoms with Crippen molar-refractivity contribution in [1.29, 1.82) is 0 Å². The maximum absolute atomic E-state index is 12.2. The van der Waals surface area contributed by atoms with Crippen molar-refractivity contribution in [2.75, 3.05) is 11.1 Å². The largest absolute Gasteiger partial charge is 0.398 e. The van der Waals surface area contributed by atoms with Crippen LogP contribution in [0.4, 0.5) is 17.1 Å². The molecule has 1 amide bonds. The van der Waals surface area contributed by atoms with Gasteiger partial charge in [-0.25, -0.2) is 0 Å². The maximum Gasteiger partial charge on any atom is 0.270 e. The SMILES string of the molecule is Cc1n[nH]c(C)c1NC(=O)c1cc([N+](=O)[O-])ccc1N. The van der Waals surface area contributed by atoms with Crippen LogP contribution < -0.4 is 11.1 Å². The van der Waals surface area contributed by atoms with Crippen LogP contribution in [0.5, 0.6) is 0 Å². The Morgan fingerprint density at radius 3 is 2.70 bits per heavy atom. The van der Waals surface area contributed by atoms with Crippen LogP contribution in [0, 0.1) is 24.0 Å². The van der Waals surface area contributed by atoms with Crippen molar-refractivity contribution in [3.8, 4) is 0 Å². The molecule has 0 fully saturated rings. The Kier molecular flexibility index (Phi) is 3.38. The molecular weight excluding hydrogens is 262 g/mol. The lowest BCUT2D eigenvalue weighted by atomic mass is 10.1. The standard InChI is InChI=1S/C12H13N5O3/c1-6-11(7(2)16-15-6)14-12(18)9-5-8(17(19)20)3-4-10(9)13/h3-5H,13H2,1-2H3,(H,14,18)(H,15,16). The molecule has 0 atom stereocenters. The van der Waals surface area contributed by atoms with Gasteiger partial charge in [0.05, 0.1) is 27.6 Å². The first-order valence-electron chi connectivity index (χ1n) is 5.77. The van der Waals surface area contributed by atoms with Crippen molar-refractivity contribution in [3.05, 3.63) is 45.3 Å². The first-order valence-corrected chi connectivity index (χ1v) is 5.77. The zero-order chi connectivity index (χ0) is 14.9. The fourth-order valence-corrected chi connectivity index (χ4v) is 1.77. The Balaban J connectivity index is 2.34. The number of H-pyrrole nitrogens is 1. The number of carbonyl (C=O) groups is 1. The lowest BCUT2D eigenvalue weighted by Crippen LogP contribution is -2.15.